The van der Waals surface area contributed by atoms with Crippen molar-refractivity contribution >= 4 is 19.7 Å². The first-order chi connectivity index (χ1) is 9.31. The van der Waals surface area contributed by atoms with Crippen molar-refractivity contribution in [3.63, 3.8) is 0 Å². The maximum Gasteiger partial charge on any atom is 0.280 e. The predicted molar refractivity (Wildman–Crippen MR) is 76.3 cm³/mol. The second-order valence-electron chi connectivity index (χ2n) is 4.74. The molecule has 8 heteroatoms. The highest BCUT2D eigenvalue weighted by atomic mass is 35.7. The van der Waals surface area contributed by atoms with Gasteiger partial charge in [0.05, 0.1) is 12.2 Å². The number of imidazole rings is 1. The van der Waals surface area contributed by atoms with Gasteiger partial charge in [0.2, 0.25) is 0 Å². The van der Waals surface area contributed by atoms with E-state index in [2.05, 4.69) is 23.9 Å². The molecule has 0 bridgehead atoms. The van der Waals surface area contributed by atoms with Crippen molar-refractivity contribution in [2.45, 2.75) is 44.8 Å². The van der Waals surface area contributed by atoms with Crippen molar-refractivity contribution in [2.75, 3.05) is 0 Å². The van der Waals surface area contributed by atoms with Gasteiger partial charge in [-0.05, 0) is 26.3 Å². The summed E-state index contributed by atoms with van der Waals surface area (Å²) in [6.07, 6.45) is 4.36. The maximum absolute atomic E-state index is 11.3. The SMILES string of the molecule is CCC(C)n1ccc(Cn2cc(S(=O)(=O)Cl)nc2C)n1. The van der Waals surface area contributed by atoms with Crippen LogP contribution in [0.3, 0.4) is 0 Å². The highest BCUT2D eigenvalue weighted by Gasteiger charge is 2.16. The van der Waals surface area contributed by atoms with Crippen LogP contribution in [-0.2, 0) is 15.6 Å². The topological polar surface area (TPSA) is 69.8 Å². The Bertz CT molecular complexity index is 705. The zero-order valence-electron chi connectivity index (χ0n) is 11.6. The first-order valence-corrected chi connectivity index (χ1v) is 8.64. The molecule has 6 nitrogen and oxygen atoms in total. The lowest BCUT2D eigenvalue weighted by Crippen LogP contribution is -2.06. The van der Waals surface area contributed by atoms with E-state index >= 15 is 0 Å². The average molecular weight is 317 g/mol. The van der Waals surface area contributed by atoms with Crippen molar-refractivity contribution in [3.05, 3.63) is 30.0 Å². The van der Waals surface area contributed by atoms with Crippen molar-refractivity contribution < 1.29 is 8.42 Å². The Morgan fingerprint density at radius 1 is 1.45 bits per heavy atom. The van der Waals surface area contributed by atoms with Crippen LogP contribution in [0.15, 0.2) is 23.5 Å². The second-order valence-corrected chi connectivity index (χ2v) is 7.25. The zero-order valence-corrected chi connectivity index (χ0v) is 13.2. The van der Waals surface area contributed by atoms with Crippen LogP contribution in [0.1, 0.15) is 37.8 Å². The van der Waals surface area contributed by atoms with Crippen molar-refractivity contribution in [3.8, 4) is 0 Å². The largest absolute Gasteiger partial charge is 0.328 e. The molecule has 1 unspecified atom stereocenters. The van der Waals surface area contributed by atoms with E-state index in [1.165, 1.54) is 6.20 Å². The first-order valence-electron chi connectivity index (χ1n) is 6.33. The van der Waals surface area contributed by atoms with E-state index in [9.17, 15) is 8.42 Å². The molecule has 0 saturated carbocycles. The van der Waals surface area contributed by atoms with E-state index in [-0.39, 0.29) is 5.03 Å². The Hall–Kier alpha value is -1.34. The smallest absolute Gasteiger partial charge is 0.280 e. The molecule has 0 spiro atoms. The molecule has 2 heterocycles. The number of nitrogens with zero attached hydrogens (tertiary/aromatic N) is 4. The van der Waals surface area contributed by atoms with Gasteiger partial charge in [0, 0.05) is 29.1 Å². The molecule has 0 amide bonds. The van der Waals surface area contributed by atoms with E-state index in [0.717, 1.165) is 12.1 Å². The molecular weight excluding hydrogens is 300 g/mol. The number of hydrogen-bond acceptors (Lipinski definition) is 4. The first kappa shape index (κ1) is 15.1. The Morgan fingerprint density at radius 2 is 2.15 bits per heavy atom. The molecule has 0 N–H and O–H groups in total. The molecule has 2 rings (SSSR count). The number of hydrogen-bond donors (Lipinski definition) is 0. The van der Waals surface area contributed by atoms with E-state index in [4.69, 9.17) is 10.7 Å². The summed E-state index contributed by atoms with van der Waals surface area (Å²) in [7, 11) is 1.49. The van der Waals surface area contributed by atoms with Crippen molar-refractivity contribution in [1.82, 2.24) is 19.3 Å². The molecule has 0 saturated heterocycles. The molecule has 0 aliphatic carbocycles. The molecule has 2 aromatic rings. The average Bonchev–Trinajstić information content (AvgIpc) is 2.96. The van der Waals surface area contributed by atoms with E-state index < -0.39 is 9.05 Å². The summed E-state index contributed by atoms with van der Waals surface area (Å²) in [5, 5.41) is 4.35. The Kier molecular flexibility index (Phi) is 4.19. The van der Waals surface area contributed by atoms with Gasteiger partial charge in [0.15, 0.2) is 5.03 Å². The van der Waals surface area contributed by atoms with Crippen LogP contribution >= 0.6 is 10.7 Å². The normalized spacial score (nSPS) is 13.6. The van der Waals surface area contributed by atoms with Gasteiger partial charge in [-0.15, -0.1) is 0 Å². The third kappa shape index (κ3) is 3.21. The molecule has 110 valence electrons. The monoisotopic (exact) mass is 316 g/mol. The number of aromatic nitrogens is 4. The maximum atomic E-state index is 11.3. The van der Waals surface area contributed by atoms with E-state index in [1.807, 2.05) is 16.9 Å². The molecule has 20 heavy (non-hydrogen) atoms. The fourth-order valence-electron chi connectivity index (χ4n) is 1.83. The third-order valence-corrected chi connectivity index (χ3v) is 4.41. The van der Waals surface area contributed by atoms with Gasteiger partial charge in [-0.2, -0.15) is 5.10 Å². The quantitative estimate of drug-likeness (QED) is 0.794. The fraction of sp³-hybridized carbons (Fsp3) is 0.500. The summed E-state index contributed by atoms with van der Waals surface area (Å²) in [6.45, 7) is 6.40. The lowest BCUT2D eigenvalue weighted by atomic mass is 10.3. The van der Waals surface area contributed by atoms with Gasteiger partial charge < -0.3 is 4.57 Å². The molecule has 1 atom stereocenters. The predicted octanol–water partition coefficient (Wildman–Crippen LogP) is 2.33. The van der Waals surface area contributed by atoms with E-state index in [0.29, 0.717) is 18.4 Å². The minimum Gasteiger partial charge on any atom is -0.328 e. The van der Waals surface area contributed by atoms with Crippen LogP contribution < -0.4 is 0 Å². The summed E-state index contributed by atoms with van der Waals surface area (Å²) in [5.41, 5.74) is 0.851. The lowest BCUT2D eigenvalue weighted by Gasteiger charge is -2.08. The molecule has 2 aromatic heterocycles. The Morgan fingerprint density at radius 3 is 2.70 bits per heavy atom. The summed E-state index contributed by atoms with van der Waals surface area (Å²) in [5.74, 6) is 0.585. The highest BCUT2D eigenvalue weighted by Crippen LogP contribution is 2.16. The summed E-state index contributed by atoms with van der Waals surface area (Å²) >= 11 is 0. The molecule has 0 fully saturated rings. The Balaban J connectivity index is 2.22. The molecule has 0 aliphatic rings. The second kappa shape index (κ2) is 5.57. The van der Waals surface area contributed by atoms with Crippen LogP contribution in [0.25, 0.3) is 0 Å². The van der Waals surface area contributed by atoms with Gasteiger partial charge in [-0.3, -0.25) is 4.68 Å². The summed E-state index contributed by atoms with van der Waals surface area (Å²) in [6, 6.07) is 2.26. The number of rotatable bonds is 5. The minimum atomic E-state index is -3.79. The molecular formula is C12H17ClN4O2S. The van der Waals surface area contributed by atoms with E-state index in [1.54, 1.807) is 11.5 Å². The summed E-state index contributed by atoms with van der Waals surface area (Å²) in [4.78, 5) is 3.94. The molecule has 0 aromatic carbocycles. The van der Waals surface area contributed by atoms with Crippen LogP contribution in [0.4, 0.5) is 0 Å². The lowest BCUT2D eigenvalue weighted by molar-refractivity contribution is 0.472. The van der Waals surface area contributed by atoms with Crippen molar-refractivity contribution in [1.29, 1.82) is 0 Å². The standard InChI is InChI=1S/C12H17ClN4O2S/c1-4-9(2)17-6-5-11(15-17)7-16-8-12(14-10(16)3)20(13,18)19/h5-6,8-9H,4,7H2,1-3H3. The highest BCUT2D eigenvalue weighted by molar-refractivity contribution is 8.13. The minimum absolute atomic E-state index is 0.127. The zero-order chi connectivity index (χ0) is 14.9. The van der Waals surface area contributed by atoms with Gasteiger partial charge in [-0.25, -0.2) is 13.4 Å². The van der Waals surface area contributed by atoms with Gasteiger partial charge in [0.1, 0.15) is 5.82 Å². The van der Waals surface area contributed by atoms with Crippen LogP contribution in [0.2, 0.25) is 0 Å². The van der Waals surface area contributed by atoms with Gasteiger partial charge in [-0.1, -0.05) is 6.92 Å². The number of halogens is 1. The van der Waals surface area contributed by atoms with Crippen molar-refractivity contribution in [2.24, 2.45) is 0 Å². The molecule has 0 radical (unpaired) electrons. The van der Waals surface area contributed by atoms with Crippen LogP contribution in [-0.4, -0.2) is 27.7 Å². The van der Waals surface area contributed by atoms with Crippen LogP contribution in [0, 0.1) is 6.92 Å². The third-order valence-electron chi connectivity index (χ3n) is 3.24. The van der Waals surface area contributed by atoms with Gasteiger partial charge in [0.25, 0.3) is 9.05 Å². The number of aryl methyl sites for hydroxylation is 1. The fourth-order valence-corrected chi connectivity index (χ4v) is 2.54. The van der Waals surface area contributed by atoms with Gasteiger partial charge >= 0.3 is 0 Å². The summed E-state index contributed by atoms with van der Waals surface area (Å²) < 4.78 is 26.1. The van der Waals surface area contributed by atoms with Crippen LogP contribution in [0.5, 0.6) is 0 Å². The molecule has 0 aliphatic heterocycles. The Labute approximate surface area is 122 Å².